The summed E-state index contributed by atoms with van der Waals surface area (Å²) in [6, 6.07) is 7.16. The number of H-pyrrole nitrogens is 1. The number of carbonyl (C=O) groups excluding carboxylic acids is 1. The highest BCUT2D eigenvalue weighted by molar-refractivity contribution is 6.30. The normalized spacial score (nSPS) is 17.1. The Balaban J connectivity index is 1.65. The zero-order valence-corrected chi connectivity index (χ0v) is 17.6. The summed E-state index contributed by atoms with van der Waals surface area (Å²) < 4.78 is 0. The summed E-state index contributed by atoms with van der Waals surface area (Å²) in [4.78, 5) is 32.2. The Hall–Kier alpha value is -2.14. The van der Waals surface area contributed by atoms with E-state index in [2.05, 4.69) is 15.3 Å². The Morgan fingerprint density at radius 1 is 0.931 bits per heavy atom. The smallest absolute Gasteiger partial charge is 0.264 e. The lowest BCUT2D eigenvalue weighted by molar-refractivity contribution is 0.0929. The fourth-order valence-electron chi connectivity index (χ4n) is 3.88. The van der Waals surface area contributed by atoms with Crippen LogP contribution in [-0.2, 0) is 0 Å². The van der Waals surface area contributed by atoms with Gasteiger partial charge < -0.3 is 10.3 Å². The SMILES string of the molecule is O=C(NC1CCCCCCCCCCC1)c1cnc(-c2ccc(Cl)cc2)[nH]c1=O. The van der Waals surface area contributed by atoms with Crippen LogP contribution in [0.15, 0.2) is 35.3 Å². The molecule has 0 unspecified atom stereocenters. The summed E-state index contributed by atoms with van der Waals surface area (Å²) in [6.07, 6.45) is 14.5. The van der Waals surface area contributed by atoms with E-state index in [9.17, 15) is 9.59 Å². The number of halogens is 1. The van der Waals surface area contributed by atoms with Gasteiger partial charge in [0.2, 0.25) is 0 Å². The Morgan fingerprint density at radius 2 is 1.48 bits per heavy atom. The number of nitrogens with one attached hydrogen (secondary N) is 2. The van der Waals surface area contributed by atoms with Crippen LogP contribution in [0.25, 0.3) is 11.4 Å². The molecule has 1 fully saturated rings. The first-order chi connectivity index (χ1) is 14.1. The van der Waals surface area contributed by atoms with Crippen LogP contribution in [0.2, 0.25) is 5.02 Å². The van der Waals surface area contributed by atoms with E-state index in [4.69, 9.17) is 11.6 Å². The van der Waals surface area contributed by atoms with Crippen molar-refractivity contribution in [3.63, 3.8) is 0 Å². The second kappa shape index (κ2) is 11.1. The molecule has 1 heterocycles. The standard InChI is InChI=1S/C23H30ClN3O2/c24-18-14-12-17(13-15-18)21-25-16-20(23(29)27-21)22(28)26-19-10-8-6-4-2-1-3-5-7-9-11-19/h12-16,19H,1-11H2,(H,26,28)(H,25,27,29). The summed E-state index contributed by atoms with van der Waals surface area (Å²) >= 11 is 5.90. The molecule has 2 N–H and O–H groups in total. The predicted molar refractivity (Wildman–Crippen MR) is 117 cm³/mol. The molecule has 1 saturated carbocycles. The summed E-state index contributed by atoms with van der Waals surface area (Å²) in [7, 11) is 0. The van der Waals surface area contributed by atoms with Crippen molar-refractivity contribution >= 4 is 17.5 Å². The minimum atomic E-state index is -0.421. The van der Waals surface area contributed by atoms with Crippen LogP contribution in [0.5, 0.6) is 0 Å². The molecule has 1 aliphatic carbocycles. The number of hydrogen-bond donors (Lipinski definition) is 2. The molecule has 5 nitrogen and oxygen atoms in total. The van der Waals surface area contributed by atoms with E-state index in [0.717, 1.165) is 31.2 Å². The number of hydrogen-bond acceptors (Lipinski definition) is 3. The van der Waals surface area contributed by atoms with Crippen molar-refractivity contribution in [3.05, 3.63) is 51.4 Å². The number of rotatable bonds is 3. The number of aromatic amines is 1. The van der Waals surface area contributed by atoms with Crippen molar-refractivity contribution in [1.82, 2.24) is 15.3 Å². The molecule has 2 aromatic rings. The zero-order chi connectivity index (χ0) is 20.5. The van der Waals surface area contributed by atoms with E-state index in [1.807, 2.05) is 0 Å². The Bertz CT molecular complexity index is 836. The van der Waals surface area contributed by atoms with E-state index in [1.165, 1.54) is 51.1 Å². The molecule has 1 amide bonds. The van der Waals surface area contributed by atoms with Crippen molar-refractivity contribution < 1.29 is 4.79 Å². The van der Waals surface area contributed by atoms with Crippen LogP contribution in [0.1, 0.15) is 81.0 Å². The van der Waals surface area contributed by atoms with E-state index >= 15 is 0 Å². The maximum atomic E-state index is 12.7. The summed E-state index contributed by atoms with van der Waals surface area (Å²) in [5.74, 6) is 0.0905. The molecule has 29 heavy (non-hydrogen) atoms. The molecule has 1 aromatic heterocycles. The van der Waals surface area contributed by atoms with Gasteiger partial charge in [0.15, 0.2) is 0 Å². The van der Waals surface area contributed by atoms with Gasteiger partial charge in [0.25, 0.3) is 11.5 Å². The average Bonchev–Trinajstić information content (AvgIpc) is 2.70. The fraction of sp³-hybridized carbons (Fsp3) is 0.522. The zero-order valence-electron chi connectivity index (χ0n) is 16.9. The van der Waals surface area contributed by atoms with Gasteiger partial charge in [-0.2, -0.15) is 0 Å². The van der Waals surface area contributed by atoms with Crippen molar-refractivity contribution in [2.45, 2.75) is 76.7 Å². The largest absolute Gasteiger partial charge is 0.349 e. The molecule has 0 bridgehead atoms. The van der Waals surface area contributed by atoms with Crippen LogP contribution in [0, 0.1) is 0 Å². The van der Waals surface area contributed by atoms with E-state index in [0.29, 0.717) is 10.8 Å². The molecule has 0 atom stereocenters. The quantitative estimate of drug-likeness (QED) is 0.695. The Labute approximate surface area is 177 Å². The third-order valence-electron chi connectivity index (χ3n) is 5.60. The van der Waals surface area contributed by atoms with Crippen LogP contribution < -0.4 is 10.9 Å². The third-order valence-corrected chi connectivity index (χ3v) is 5.85. The summed E-state index contributed by atoms with van der Waals surface area (Å²) in [5.41, 5.74) is 0.391. The fourth-order valence-corrected chi connectivity index (χ4v) is 4.01. The second-order valence-electron chi connectivity index (χ2n) is 7.91. The molecule has 0 spiro atoms. The van der Waals surface area contributed by atoms with E-state index in [1.54, 1.807) is 24.3 Å². The number of aromatic nitrogens is 2. The van der Waals surface area contributed by atoms with Gasteiger partial charge in [0.1, 0.15) is 11.4 Å². The molecule has 3 rings (SSSR count). The van der Waals surface area contributed by atoms with Gasteiger partial charge >= 0.3 is 0 Å². The summed E-state index contributed by atoms with van der Waals surface area (Å²) in [5, 5.41) is 3.69. The van der Waals surface area contributed by atoms with Crippen LogP contribution in [0.4, 0.5) is 0 Å². The van der Waals surface area contributed by atoms with Crippen LogP contribution in [0.3, 0.4) is 0 Å². The number of carbonyl (C=O) groups is 1. The Kier molecular flexibility index (Phi) is 8.29. The molecule has 0 aliphatic heterocycles. The number of nitrogens with zero attached hydrogens (tertiary/aromatic N) is 1. The molecule has 0 radical (unpaired) electrons. The molecular weight excluding hydrogens is 386 g/mol. The van der Waals surface area contributed by atoms with Crippen molar-refractivity contribution in [2.24, 2.45) is 0 Å². The first kappa shape index (κ1) is 21.6. The minimum absolute atomic E-state index is 0.0637. The van der Waals surface area contributed by atoms with Gasteiger partial charge in [-0.25, -0.2) is 4.98 Å². The van der Waals surface area contributed by atoms with Gasteiger partial charge in [-0.05, 0) is 37.1 Å². The molecule has 6 heteroatoms. The monoisotopic (exact) mass is 415 g/mol. The van der Waals surface area contributed by atoms with Gasteiger partial charge in [0, 0.05) is 22.8 Å². The van der Waals surface area contributed by atoms with E-state index in [-0.39, 0.29) is 17.5 Å². The lowest BCUT2D eigenvalue weighted by atomic mass is 9.98. The summed E-state index contributed by atoms with van der Waals surface area (Å²) in [6.45, 7) is 0. The lowest BCUT2D eigenvalue weighted by Crippen LogP contribution is -2.38. The van der Waals surface area contributed by atoms with Crippen LogP contribution >= 0.6 is 11.6 Å². The molecule has 1 aliphatic rings. The van der Waals surface area contributed by atoms with Crippen molar-refractivity contribution in [2.75, 3.05) is 0 Å². The first-order valence-corrected chi connectivity index (χ1v) is 11.2. The highest BCUT2D eigenvalue weighted by Crippen LogP contribution is 2.18. The maximum Gasteiger partial charge on any atom is 0.264 e. The van der Waals surface area contributed by atoms with Crippen LogP contribution in [-0.4, -0.2) is 21.9 Å². The number of benzene rings is 1. The molecule has 156 valence electrons. The van der Waals surface area contributed by atoms with Gasteiger partial charge in [-0.3, -0.25) is 9.59 Å². The number of amides is 1. The van der Waals surface area contributed by atoms with Gasteiger partial charge in [0.05, 0.1) is 0 Å². The van der Waals surface area contributed by atoms with Gasteiger partial charge in [-0.15, -0.1) is 0 Å². The van der Waals surface area contributed by atoms with Gasteiger partial charge in [-0.1, -0.05) is 69.4 Å². The average molecular weight is 416 g/mol. The first-order valence-electron chi connectivity index (χ1n) is 10.8. The predicted octanol–water partition coefficient (Wildman–Crippen LogP) is 5.49. The molecule has 0 saturated heterocycles. The van der Waals surface area contributed by atoms with E-state index < -0.39 is 5.56 Å². The molecular formula is C23H30ClN3O2. The maximum absolute atomic E-state index is 12.7. The molecule has 1 aromatic carbocycles. The minimum Gasteiger partial charge on any atom is -0.349 e. The highest BCUT2D eigenvalue weighted by Gasteiger charge is 2.17. The highest BCUT2D eigenvalue weighted by atomic mass is 35.5. The topological polar surface area (TPSA) is 74.8 Å². The Morgan fingerprint density at radius 3 is 2.03 bits per heavy atom. The lowest BCUT2D eigenvalue weighted by Gasteiger charge is -2.19. The van der Waals surface area contributed by atoms with Crippen molar-refractivity contribution in [1.29, 1.82) is 0 Å². The third kappa shape index (κ3) is 6.70. The second-order valence-corrected chi connectivity index (χ2v) is 8.35. The van der Waals surface area contributed by atoms with Crippen molar-refractivity contribution in [3.8, 4) is 11.4 Å².